The van der Waals surface area contributed by atoms with E-state index in [-0.39, 0.29) is 21.7 Å². The molecule has 0 heterocycles. The number of carbonyl (C=O) groups excluding carboxylic acids is 2. The van der Waals surface area contributed by atoms with E-state index in [0.717, 1.165) is 0 Å². The van der Waals surface area contributed by atoms with Crippen LogP contribution < -0.4 is 10.6 Å². The number of hydrogen-bond acceptors (Lipinski definition) is 3. The van der Waals surface area contributed by atoms with E-state index in [0.29, 0.717) is 11.4 Å². The fraction of sp³-hybridized carbons (Fsp3) is 0.231. The van der Waals surface area contributed by atoms with Gasteiger partial charge in [0.15, 0.2) is 0 Å². The molecule has 0 unspecified atom stereocenters. The lowest BCUT2D eigenvalue weighted by Crippen LogP contribution is -2.27. The summed E-state index contributed by atoms with van der Waals surface area (Å²) in [6.07, 6.45) is 1.17. The number of benzene rings is 1. The van der Waals surface area contributed by atoms with Gasteiger partial charge in [0.25, 0.3) is 0 Å². The Morgan fingerprint density at radius 1 is 1.24 bits per heavy atom. The fourth-order valence-electron chi connectivity index (χ4n) is 1.37. The maximum atomic E-state index is 11.7. The third-order valence-corrected chi connectivity index (χ3v) is 3.37. The summed E-state index contributed by atoms with van der Waals surface area (Å²) in [6.45, 7) is 3.50. The number of rotatable bonds is 4. The Morgan fingerprint density at radius 2 is 1.81 bits per heavy atom. The summed E-state index contributed by atoms with van der Waals surface area (Å²) >= 11 is 17.5. The lowest BCUT2D eigenvalue weighted by molar-refractivity contribution is -0.137. The van der Waals surface area contributed by atoms with Crippen LogP contribution in [0.1, 0.15) is 13.8 Å². The second kappa shape index (κ2) is 8.12. The number of nitrogens with one attached hydrogen (secondary N) is 2. The predicted octanol–water partition coefficient (Wildman–Crippen LogP) is 4.24. The normalized spacial score (nSPS) is 11.0. The van der Waals surface area contributed by atoms with Crippen LogP contribution in [0.3, 0.4) is 0 Å². The van der Waals surface area contributed by atoms with Gasteiger partial charge in [0.1, 0.15) is 0 Å². The molecule has 8 heteroatoms. The van der Waals surface area contributed by atoms with Crippen LogP contribution in [0.15, 0.2) is 23.9 Å². The van der Waals surface area contributed by atoms with Crippen molar-refractivity contribution < 1.29 is 14.3 Å². The van der Waals surface area contributed by atoms with E-state index in [1.165, 1.54) is 18.2 Å². The van der Waals surface area contributed by atoms with Crippen molar-refractivity contribution in [1.29, 1.82) is 0 Å². The number of halogens is 3. The molecule has 5 nitrogen and oxygen atoms in total. The number of urea groups is 1. The third kappa shape index (κ3) is 5.83. The number of ether oxygens (including phenoxy) is 1. The number of carbonyl (C=O) groups is 2. The van der Waals surface area contributed by atoms with Crippen LogP contribution in [0.5, 0.6) is 0 Å². The second-order valence-electron chi connectivity index (χ2n) is 3.91. The number of allylic oxidation sites excluding steroid dienone is 1. The molecule has 2 N–H and O–H groups in total. The molecule has 0 aliphatic rings. The Kier molecular flexibility index (Phi) is 6.81. The van der Waals surface area contributed by atoms with Crippen molar-refractivity contribution in [3.05, 3.63) is 39.0 Å². The maximum absolute atomic E-state index is 11.7. The molecule has 1 aromatic carbocycles. The molecule has 0 aromatic heterocycles. The molecule has 21 heavy (non-hydrogen) atoms. The van der Waals surface area contributed by atoms with Gasteiger partial charge in [0.2, 0.25) is 0 Å². The monoisotopic (exact) mass is 350 g/mol. The minimum Gasteiger partial charge on any atom is -0.463 e. The first-order valence-corrected chi connectivity index (χ1v) is 7.04. The van der Waals surface area contributed by atoms with Gasteiger partial charge in [0, 0.05) is 17.5 Å². The van der Waals surface area contributed by atoms with Crippen molar-refractivity contribution in [1.82, 2.24) is 5.32 Å². The Hall–Kier alpha value is -1.43. The summed E-state index contributed by atoms with van der Waals surface area (Å²) < 4.78 is 4.72. The molecule has 0 aliphatic heterocycles. The molecule has 0 bridgehead atoms. The summed E-state index contributed by atoms with van der Waals surface area (Å²) in [4.78, 5) is 22.9. The zero-order valence-corrected chi connectivity index (χ0v) is 13.6. The van der Waals surface area contributed by atoms with Gasteiger partial charge in [-0.2, -0.15) is 0 Å². The first kappa shape index (κ1) is 17.6. The summed E-state index contributed by atoms with van der Waals surface area (Å²) in [5.41, 5.74) is 0.702. The lowest BCUT2D eigenvalue weighted by atomic mass is 10.3. The van der Waals surface area contributed by atoms with Crippen molar-refractivity contribution in [2.24, 2.45) is 0 Å². The molecule has 0 saturated carbocycles. The Bertz CT molecular complexity index is 565. The molecule has 0 aliphatic carbocycles. The van der Waals surface area contributed by atoms with E-state index >= 15 is 0 Å². The van der Waals surface area contributed by atoms with Crippen LogP contribution in [0, 0.1) is 0 Å². The van der Waals surface area contributed by atoms with E-state index < -0.39 is 12.0 Å². The van der Waals surface area contributed by atoms with Crippen LogP contribution in [0.25, 0.3) is 0 Å². The van der Waals surface area contributed by atoms with E-state index in [1.807, 2.05) is 0 Å². The zero-order valence-electron chi connectivity index (χ0n) is 11.3. The van der Waals surface area contributed by atoms with Gasteiger partial charge < -0.3 is 15.4 Å². The molecule has 0 atom stereocenters. The van der Waals surface area contributed by atoms with Gasteiger partial charge in [-0.25, -0.2) is 9.59 Å². The molecular weight excluding hydrogens is 339 g/mol. The molecule has 114 valence electrons. The van der Waals surface area contributed by atoms with Gasteiger partial charge in [-0.3, -0.25) is 0 Å². The van der Waals surface area contributed by atoms with E-state index in [4.69, 9.17) is 39.5 Å². The molecule has 0 saturated heterocycles. The highest BCUT2D eigenvalue weighted by molar-refractivity contribution is 6.48. The standard InChI is InChI=1S/C13H13Cl3N2O3/c1-3-21-11(19)4-7(2)17-13(20)18-8-5-9(14)12(16)10(15)6-8/h4-6H,3H2,1-2H3,(H2,17,18,20)/b7-4+. The fourth-order valence-corrected chi connectivity index (χ4v) is 1.96. The summed E-state index contributed by atoms with van der Waals surface area (Å²) in [6, 6.07) is 2.36. The smallest absolute Gasteiger partial charge is 0.332 e. The van der Waals surface area contributed by atoms with Crippen LogP contribution in [0.2, 0.25) is 15.1 Å². The number of hydrogen-bond donors (Lipinski definition) is 2. The predicted molar refractivity (Wildman–Crippen MR) is 84.0 cm³/mol. The molecular formula is C13H13Cl3N2O3. The Labute approximate surface area is 137 Å². The van der Waals surface area contributed by atoms with Crippen molar-refractivity contribution in [3.8, 4) is 0 Å². The van der Waals surface area contributed by atoms with Gasteiger partial charge in [-0.15, -0.1) is 0 Å². The number of anilines is 1. The van der Waals surface area contributed by atoms with E-state index in [1.54, 1.807) is 13.8 Å². The third-order valence-electron chi connectivity index (χ3n) is 2.17. The highest BCUT2D eigenvalue weighted by atomic mass is 35.5. The minimum absolute atomic E-state index is 0.211. The van der Waals surface area contributed by atoms with Crippen LogP contribution in [-0.2, 0) is 9.53 Å². The van der Waals surface area contributed by atoms with E-state index in [9.17, 15) is 9.59 Å². The first-order chi connectivity index (χ1) is 9.83. The molecule has 1 aromatic rings. The highest BCUT2D eigenvalue weighted by Crippen LogP contribution is 2.33. The quantitative estimate of drug-likeness (QED) is 0.484. The highest BCUT2D eigenvalue weighted by Gasteiger charge is 2.09. The van der Waals surface area contributed by atoms with Gasteiger partial charge >= 0.3 is 12.0 Å². The van der Waals surface area contributed by atoms with Crippen molar-refractivity contribution in [2.45, 2.75) is 13.8 Å². The van der Waals surface area contributed by atoms with Crippen molar-refractivity contribution >= 4 is 52.5 Å². The average Bonchev–Trinajstić information content (AvgIpc) is 2.35. The molecule has 0 spiro atoms. The molecule has 0 fully saturated rings. The van der Waals surface area contributed by atoms with Gasteiger partial charge in [0.05, 0.1) is 21.7 Å². The Morgan fingerprint density at radius 3 is 2.33 bits per heavy atom. The van der Waals surface area contributed by atoms with Crippen molar-refractivity contribution in [3.63, 3.8) is 0 Å². The van der Waals surface area contributed by atoms with Gasteiger partial charge in [-0.05, 0) is 26.0 Å². The van der Waals surface area contributed by atoms with Crippen LogP contribution >= 0.6 is 34.8 Å². The van der Waals surface area contributed by atoms with E-state index in [2.05, 4.69) is 10.6 Å². The van der Waals surface area contributed by atoms with Crippen LogP contribution in [0.4, 0.5) is 10.5 Å². The van der Waals surface area contributed by atoms with Gasteiger partial charge in [-0.1, -0.05) is 34.8 Å². The number of amides is 2. The average molecular weight is 352 g/mol. The summed E-state index contributed by atoms with van der Waals surface area (Å²) in [7, 11) is 0. The first-order valence-electron chi connectivity index (χ1n) is 5.91. The zero-order chi connectivity index (χ0) is 16.0. The van der Waals surface area contributed by atoms with Crippen molar-refractivity contribution in [2.75, 3.05) is 11.9 Å². The SMILES string of the molecule is CCOC(=O)/C=C(\C)NC(=O)Nc1cc(Cl)c(Cl)c(Cl)c1. The minimum atomic E-state index is -0.553. The molecule has 1 rings (SSSR count). The topological polar surface area (TPSA) is 67.4 Å². The number of esters is 1. The lowest BCUT2D eigenvalue weighted by Gasteiger charge is -2.09. The molecule has 0 radical (unpaired) electrons. The second-order valence-corrected chi connectivity index (χ2v) is 5.10. The molecule has 2 amide bonds. The summed E-state index contributed by atoms with van der Waals surface area (Å²) in [5, 5.41) is 5.63. The summed E-state index contributed by atoms with van der Waals surface area (Å²) in [5.74, 6) is -0.534. The van der Waals surface area contributed by atoms with Crippen LogP contribution in [-0.4, -0.2) is 18.6 Å². The largest absolute Gasteiger partial charge is 0.463 e. The Balaban J connectivity index is 2.68. The maximum Gasteiger partial charge on any atom is 0.332 e.